The number of anilines is 1. The van der Waals surface area contributed by atoms with Crippen molar-refractivity contribution in [3.63, 3.8) is 0 Å². The number of nitrogens with one attached hydrogen (secondary N) is 1. The molecule has 6 nitrogen and oxygen atoms in total. The molecule has 1 rings (SSSR count). The van der Waals surface area contributed by atoms with Crippen molar-refractivity contribution in [2.45, 2.75) is 13.3 Å². The highest BCUT2D eigenvalue weighted by Gasteiger charge is 2.14. The van der Waals surface area contributed by atoms with E-state index in [1.54, 1.807) is 13.0 Å². The molecule has 0 unspecified atom stereocenters. The highest BCUT2D eigenvalue weighted by molar-refractivity contribution is 7.92. The SMILES string of the molecule is COC(=O)CCS(=O)(=O)Nc1cnc(Cl)c(C)c1. The Kier molecular flexibility index (Phi) is 4.92. The van der Waals surface area contributed by atoms with E-state index in [-0.39, 0.29) is 12.2 Å². The Balaban J connectivity index is 2.70. The number of carbonyl (C=O) groups is 1. The van der Waals surface area contributed by atoms with Gasteiger partial charge in [0.15, 0.2) is 0 Å². The third-order valence-corrected chi connectivity index (χ3v) is 3.77. The lowest BCUT2D eigenvalue weighted by Crippen LogP contribution is -2.19. The number of ether oxygens (including phenoxy) is 1. The summed E-state index contributed by atoms with van der Waals surface area (Å²) < 4.78 is 30.0. The second-order valence-corrected chi connectivity index (χ2v) is 5.78. The molecule has 0 fully saturated rings. The first-order valence-electron chi connectivity index (χ1n) is 5.03. The molecule has 100 valence electrons. The second-order valence-electron chi connectivity index (χ2n) is 3.58. The Morgan fingerprint density at radius 1 is 1.56 bits per heavy atom. The Labute approximate surface area is 110 Å². The topological polar surface area (TPSA) is 85.4 Å². The maximum absolute atomic E-state index is 11.6. The average Bonchev–Trinajstić information content (AvgIpc) is 2.30. The van der Waals surface area contributed by atoms with E-state index >= 15 is 0 Å². The van der Waals surface area contributed by atoms with Gasteiger partial charge in [-0.2, -0.15) is 0 Å². The number of sulfonamides is 1. The summed E-state index contributed by atoms with van der Waals surface area (Å²) in [5.41, 5.74) is 0.964. The van der Waals surface area contributed by atoms with Crippen molar-refractivity contribution in [1.82, 2.24) is 4.98 Å². The first-order valence-corrected chi connectivity index (χ1v) is 7.06. The van der Waals surface area contributed by atoms with Gasteiger partial charge in [-0.15, -0.1) is 0 Å². The Bertz CT molecular complexity index is 545. The van der Waals surface area contributed by atoms with Gasteiger partial charge < -0.3 is 4.74 Å². The molecule has 0 aliphatic carbocycles. The fraction of sp³-hybridized carbons (Fsp3) is 0.400. The van der Waals surface area contributed by atoms with Crippen LogP contribution in [0.4, 0.5) is 5.69 Å². The number of carbonyl (C=O) groups excluding carboxylic acids is 1. The van der Waals surface area contributed by atoms with Crippen LogP contribution >= 0.6 is 11.6 Å². The number of hydrogen-bond donors (Lipinski definition) is 1. The number of nitrogens with zero attached hydrogens (tertiary/aromatic N) is 1. The van der Waals surface area contributed by atoms with Gasteiger partial charge >= 0.3 is 5.97 Å². The van der Waals surface area contributed by atoms with Gasteiger partial charge in [-0.3, -0.25) is 9.52 Å². The van der Waals surface area contributed by atoms with Crippen molar-refractivity contribution in [3.05, 3.63) is 23.0 Å². The van der Waals surface area contributed by atoms with E-state index in [1.807, 2.05) is 0 Å². The molecule has 8 heteroatoms. The first kappa shape index (κ1) is 14.7. The maximum Gasteiger partial charge on any atom is 0.306 e. The Morgan fingerprint density at radius 2 is 2.22 bits per heavy atom. The van der Waals surface area contributed by atoms with Gasteiger partial charge in [0.2, 0.25) is 10.0 Å². The summed E-state index contributed by atoms with van der Waals surface area (Å²) in [5, 5.41) is 0.313. The van der Waals surface area contributed by atoms with Crippen LogP contribution in [0.2, 0.25) is 5.15 Å². The first-order chi connectivity index (χ1) is 8.34. The Morgan fingerprint density at radius 3 is 2.78 bits per heavy atom. The molecule has 18 heavy (non-hydrogen) atoms. The van der Waals surface area contributed by atoms with Gasteiger partial charge in [0.25, 0.3) is 0 Å². The molecule has 0 amide bonds. The minimum Gasteiger partial charge on any atom is -0.469 e. The number of halogens is 1. The van der Waals surface area contributed by atoms with Crippen LogP contribution in [0.25, 0.3) is 0 Å². The molecule has 1 aromatic heterocycles. The second kappa shape index (κ2) is 6.01. The number of hydrogen-bond acceptors (Lipinski definition) is 5. The number of methoxy groups -OCH3 is 1. The van der Waals surface area contributed by atoms with Gasteiger partial charge in [0, 0.05) is 0 Å². The zero-order chi connectivity index (χ0) is 13.8. The van der Waals surface area contributed by atoms with Crippen molar-refractivity contribution in [1.29, 1.82) is 0 Å². The summed E-state index contributed by atoms with van der Waals surface area (Å²) in [5.74, 6) is -0.924. The zero-order valence-corrected chi connectivity index (χ0v) is 11.5. The fourth-order valence-electron chi connectivity index (χ4n) is 1.16. The largest absolute Gasteiger partial charge is 0.469 e. The highest BCUT2D eigenvalue weighted by Crippen LogP contribution is 2.17. The molecular weight excluding hydrogens is 280 g/mol. The predicted molar refractivity (Wildman–Crippen MR) is 68.0 cm³/mol. The van der Waals surface area contributed by atoms with Crippen LogP contribution in [0.5, 0.6) is 0 Å². The lowest BCUT2D eigenvalue weighted by atomic mass is 10.3. The molecule has 0 bridgehead atoms. The quantitative estimate of drug-likeness (QED) is 0.654. The number of pyridine rings is 1. The maximum atomic E-state index is 11.6. The molecule has 0 aromatic carbocycles. The molecule has 0 saturated heterocycles. The van der Waals surface area contributed by atoms with E-state index in [1.165, 1.54) is 13.3 Å². The molecule has 0 spiro atoms. The van der Waals surface area contributed by atoms with Gasteiger partial charge in [-0.1, -0.05) is 11.6 Å². The van der Waals surface area contributed by atoms with E-state index in [4.69, 9.17) is 11.6 Å². The van der Waals surface area contributed by atoms with E-state index < -0.39 is 16.0 Å². The zero-order valence-electron chi connectivity index (χ0n) is 9.94. The summed E-state index contributed by atoms with van der Waals surface area (Å²) >= 11 is 5.72. The van der Waals surface area contributed by atoms with Crippen molar-refractivity contribution in [2.75, 3.05) is 17.6 Å². The summed E-state index contributed by atoms with van der Waals surface area (Å²) in [6, 6.07) is 1.56. The van der Waals surface area contributed by atoms with E-state index in [0.717, 1.165) is 0 Å². The number of esters is 1. The smallest absolute Gasteiger partial charge is 0.306 e. The molecule has 0 aliphatic heterocycles. The third kappa shape index (κ3) is 4.50. The van der Waals surface area contributed by atoms with Crippen molar-refractivity contribution in [2.24, 2.45) is 0 Å². The van der Waals surface area contributed by atoms with Crippen LogP contribution < -0.4 is 4.72 Å². The van der Waals surface area contributed by atoms with Crippen LogP contribution in [0.15, 0.2) is 12.3 Å². The van der Waals surface area contributed by atoms with Crippen molar-refractivity contribution in [3.8, 4) is 0 Å². The molecule has 0 saturated carbocycles. The summed E-state index contributed by atoms with van der Waals surface area (Å²) in [4.78, 5) is 14.7. The monoisotopic (exact) mass is 292 g/mol. The third-order valence-electron chi connectivity index (χ3n) is 2.09. The summed E-state index contributed by atoms with van der Waals surface area (Å²) in [6.07, 6.45) is 1.11. The van der Waals surface area contributed by atoms with E-state index in [2.05, 4.69) is 14.4 Å². The predicted octanol–water partition coefficient (Wildman–Crippen LogP) is 1.35. The minimum atomic E-state index is -3.60. The van der Waals surface area contributed by atoms with Crippen LogP contribution in [0.1, 0.15) is 12.0 Å². The molecule has 1 heterocycles. The van der Waals surface area contributed by atoms with Crippen LogP contribution in [0.3, 0.4) is 0 Å². The van der Waals surface area contributed by atoms with Gasteiger partial charge in [0.1, 0.15) is 5.15 Å². The van der Waals surface area contributed by atoms with Gasteiger partial charge in [0.05, 0.1) is 31.2 Å². The molecule has 0 aliphatic rings. The number of rotatable bonds is 5. The number of aromatic nitrogens is 1. The van der Waals surface area contributed by atoms with Crippen molar-refractivity contribution >= 4 is 33.3 Å². The molecule has 0 atom stereocenters. The summed E-state index contributed by atoms with van der Waals surface area (Å²) in [7, 11) is -2.40. The van der Waals surface area contributed by atoms with Crippen LogP contribution in [-0.4, -0.2) is 32.2 Å². The lowest BCUT2D eigenvalue weighted by molar-refractivity contribution is -0.140. The van der Waals surface area contributed by atoms with Crippen molar-refractivity contribution < 1.29 is 17.9 Å². The fourth-order valence-corrected chi connectivity index (χ4v) is 2.28. The van der Waals surface area contributed by atoms with Gasteiger partial charge in [-0.25, -0.2) is 13.4 Å². The Hall–Kier alpha value is -1.34. The van der Waals surface area contributed by atoms with E-state index in [9.17, 15) is 13.2 Å². The summed E-state index contributed by atoms with van der Waals surface area (Å²) in [6.45, 7) is 1.71. The normalized spacial score (nSPS) is 11.1. The highest BCUT2D eigenvalue weighted by atomic mass is 35.5. The number of aryl methyl sites for hydroxylation is 1. The lowest BCUT2D eigenvalue weighted by Gasteiger charge is -2.08. The average molecular weight is 293 g/mol. The minimum absolute atomic E-state index is 0.203. The van der Waals surface area contributed by atoms with Crippen LogP contribution in [-0.2, 0) is 19.6 Å². The van der Waals surface area contributed by atoms with E-state index in [0.29, 0.717) is 16.4 Å². The standard InChI is InChI=1S/C10H13ClN2O4S/c1-7-5-8(6-12-10(7)11)13-18(15,16)4-3-9(14)17-2/h5-6,13H,3-4H2,1-2H3. The van der Waals surface area contributed by atoms with Gasteiger partial charge in [-0.05, 0) is 18.6 Å². The molecular formula is C10H13ClN2O4S. The molecule has 0 radical (unpaired) electrons. The van der Waals surface area contributed by atoms with Crippen LogP contribution in [0, 0.1) is 6.92 Å². The molecule has 1 N–H and O–H groups in total. The molecule has 1 aromatic rings.